The van der Waals surface area contributed by atoms with Gasteiger partial charge in [0.15, 0.2) is 11.5 Å². The van der Waals surface area contributed by atoms with E-state index in [0.717, 1.165) is 11.3 Å². The number of carbonyl (C=O) groups is 3. The van der Waals surface area contributed by atoms with Crippen LogP contribution in [0.5, 0.6) is 17.2 Å². The minimum Gasteiger partial charge on any atom is -0.494 e. The van der Waals surface area contributed by atoms with Gasteiger partial charge in [0.05, 0.1) is 23.4 Å². The van der Waals surface area contributed by atoms with E-state index in [0.29, 0.717) is 46.1 Å². The minimum atomic E-state index is -0.846. The van der Waals surface area contributed by atoms with E-state index < -0.39 is 17.8 Å². The van der Waals surface area contributed by atoms with Crippen molar-refractivity contribution >= 4 is 45.5 Å². The largest absolute Gasteiger partial charge is 0.494 e. The Bertz CT molecular complexity index is 1420. The fourth-order valence-corrected chi connectivity index (χ4v) is 4.40. The number of nitrogens with zero attached hydrogens (tertiary/aromatic N) is 1. The van der Waals surface area contributed by atoms with Crippen LogP contribution in [0.4, 0.5) is 14.9 Å². The molecule has 4 amide bonds. The molecule has 202 valence electrons. The number of amides is 4. The lowest BCUT2D eigenvalue weighted by atomic mass is 10.1. The molecule has 3 aromatic carbocycles. The van der Waals surface area contributed by atoms with E-state index in [1.165, 1.54) is 18.2 Å². The van der Waals surface area contributed by atoms with Crippen molar-refractivity contribution in [3.05, 3.63) is 87.7 Å². The Morgan fingerprint density at radius 2 is 1.74 bits per heavy atom. The van der Waals surface area contributed by atoms with Crippen LogP contribution in [0.2, 0.25) is 0 Å². The van der Waals surface area contributed by atoms with Gasteiger partial charge in [-0.25, -0.2) is 14.1 Å². The van der Waals surface area contributed by atoms with Crippen molar-refractivity contribution in [3.63, 3.8) is 0 Å². The summed E-state index contributed by atoms with van der Waals surface area (Å²) in [5.74, 6) is -0.619. The fourth-order valence-electron chi connectivity index (χ4n) is 3.83. The number of hydrogen-bond acceptors (Lipinski definition) is 6. The predicted octanol–water partition coefficient (Wildman–Crippen LogP) is 6.02. The van der Waals surface area contributed by atoms with E-state index in [4.69, 9.17) is 14.2 Å². The molecule has 10 heteroatoms. The number of halogens is 2. The SMILES string of the molecule is CCCOc1ccc(N2C(=O)NC(=O)/C(=C/c3cc(Br)c(OCc4cccc(F)c4)c(OCC)c3)C2=O)cc1. The molecule has 0 spiro atoms. The van der Waals surface area contributed by atoms with Crippen LogP contribution in [-0.4, -0.2) is 31.1 Å². The van der Waals surface area contributed by atoms with Gasteiger partial charge >= 0.3 is 6.03 Å². The number of rotatable bonds is 10. The molecule has 0 aliphatic carbocycles. The van der Waals surface area contributed by atoms with Crippen molar-refractivity contribution in [3.8, 4) is 17.2 Å². The summed E-state index contributed by atoms with van der Waals surface area (Å²) in [6.45, 7) is 4.74. The molecule has 1 N–H and O–H groups in total. The van der Waals surface area contributed by atoms with Crippen LogP contribution >= 0.6 is 15.9 Å². The van der Waals surface area contributed by atoms with Crippen molar-refractivity contribution in [1.82, 2.24) is 5.32 Å². The second-order valence-corrected chi connectivity index (χ2v) is 9.34. The Morgan fingerprint density at radius 1 is 0.974 bits per heavy atom. The van der Waals surface area contributed by atoms with Crippen molar-refractivity contribution in [2.24, 2.45) is 0 Å². The van der Waals surface area contributed by atoms with Crippen LogP contribution in [-0.2, 0) is 16.2 Å². The van der Waals surface area contributed by atoms with Crippen molar-refractivity contribution in [1.29, 1.82) is 0 Å². The highest BCUT2D eigenvalue weighted by atomic mass is 79.9. The second-order valence-electron chi connectivity index (χ2n) is 8.48. The van der Waals surface area contributed by atoms with Gasteiger partial charge in [-0.3, -0.25) is 14.9 Å². The Morgan fingerprint density at radius 3 is 2.44 bits per heavy atom. The summed E-state index contributed by atoms with van der Waals surface area (Å²) < 4.78 is 31.2. The van der Waals surface area contributed by atoms with E-state index in [1.807, 2.05) is 6.92 Å². The molecule has 0 saturated carbocycles. The van der Waals surface area contributed by atoms with Gasteiger partial charge in [-0.2, -0.15) is 0 Å². The van der Waals surface area contributed by atoms with E-state index in [1.54, 1.807) is 55.5 Å². The minimum absolute atomic E-state index is 0.0944. The monoisotopic (exact) mass is 596 g/mol. The molecule has 8 nitrogen and oxygen atoms in total. The van der Waals surface area contributed by atoms with Gasteiger partial charge in [-0.05, 0) is 95.0 Å². The van der Waals surface area contributed by atoms with Crippen LogP contribution in [0.25, 0.3) is 6.08 Å². The number of ether oxygens (including phenoxy) is 3. The van der Waals surface area contributed by atoms with Crippen molar-refractivity contribution in [2.75, 3.05) is 18.1 Å². The second kappa shape index (κ2) is 12.6. The summed E-state index contributed by atoms with van der Waals surface area (Å²) in [5, 5.41) is 2.22. The molecule has 0 bridgehead atoms. The van der Waals surface area contributed by atoms with Crippen molar-refractivity contribution in [2.45, 2.75) is 26.9 Å². The average molecular weight is 597 g/mol. The molecule has 0 atom stereocenters. The van der Waals surface area contributed by atoms with Crippen LogP contribution < -0.4 is 24.4 Å². The topological polar surface area (TPSA) is 94.2 Å². The summed E-state index contributed by atoms with van der Waals surface area (Å²) in [7, 11) is 0. The highest BCUT2D eigenvalue weighted by molar-refractivity contribution is 9.10. The van der Waals surface area contributed by atoms with Gasteiger partial charge in [0.1, 0.15) is 23.7 Å². The lowest BCUT2D eigenvalue weighted by Crippen LogP contribution is -2.54. The fraction of sp³-hybridized carbons (Fsp3) is 0.207. The third-order valence-corrected chi connectivity index (χ3v) is 6.17. The molecule has 1 aliphatic heterocycles. The highest BCUT2D eigenvalue weighted by Crippen LogP contribution is 2.38. The number of imide groups is 2. The lowest BCUT2D eigenvalue weighted by molar-refractivity contribution is -0.122. The Labute approximate surface area is 233 Å². The van der Waals surface area contributed by atoms with E-state index in [2.05, 4.69) is 21.2 Å². The molecule has 0 radical (unpaired) electrons. The van der Waals surface area contributed by atoms with E-state index in [9.17, 15) is 18.8 Å². The first-order valence-electron chi connectivity index (χ1n) is 12.3. The molecular formula is C29H26BrFN2O6. The average Bonchev–Trinajstić information content (AvgIpc) is 2.90. The number of nitrogens with one attached hydrogen (secondary N) is 1. The number of barbiturate groups is 1. The maximum Gasteiger partial charge on any atom is 0.335 e. The molecule has 3 aromatic rings. The summed E-state index contributed by atoms with van der Waals surface area (Å²) in [6, 6.07) is 14.9. The predicted molar refractivity (Wildman–Crippen MR) is 147 cm³/mol. The smallest absolute Gasteiger partial charge is 0.335 e. The third-order valence-electron chi connectivity index (χ3n) is 5.58. The molecule has 1 heterocycles. The Balaban J connectivity index is 1.61. The van der Waals surface area contributed by atoms with Crippen molar-refractivity contribution < 1.29 is 33.0 Å². The first kappa shape index (κ1) is 27.8. The Hall–Kier alpha value is -4.18. The maximum atomic E-state index is 13.5. The Kier molecular flexibility index (Phi) is 8.98. The first-order chi connectivity index (χ1) is 18.8. The molecule has 39 heavy (non-hydrogen) atoms. The van der Waals surface area contributed by atoms with Crippen LogP contribution in [0, 0.1) is 5.82 Å². The molecule has 1 fully saturated rings. The number of benzene rings is 3. The molecule has 1 saturated heterocycles. The van der Waals surface area contributed by atoms with E-state index in [-0.39, 0.29) is 23.7 Å². The van der Waals surface area contributed by atoms with E-state index >= 15 is 0 Å². The van der Waals surface area contributed by atoms with Gasteiger partial charge in [0, 0.05) is 0 Å². The molecule has 0 unspecified atom stereocenters. The summed E-state index contributed by atoms with van der Waals surface area (Å²) in [6.07, 6.45) is 2.21. The zero-order chi connectivity index (χ0) is 27.9. The number of hydrogen-bond donors (Lipinski definition) is 1. The zero-order valence-electron chi connectivity index (χ0n) is 21.3. The highest BCUT2D eigenvalue weighted by Gasteiger charge is 2.37. The summed E-state index contributed by atoms with van der Waals surface area (Å²) in [5.41, 5.74) is 1.15. The molecule has 1 aliphatic rings. The van der Waals surface area contributed by atoms with Gasteiger partial charge in [0.2, 0.25) is 0 Å². The third kappa shape index (κ3) is 6.64. The molecule has 0 aromatic heterocycles. The zero-order valence-corrected chi connectivity index (χ0v) is 22.9. The van der Waals surface area contributed by atoms with Crippen LogP contribution in [0.15, 0.2) is 70.7 Å². The van der Waals surface area contributed by atoms with Gasteiger partial charge in [-0.15, -0.1) is 0 Å². The lowest BCUT2D eigenvalue weighted by Gasteiger charge is -2.26. The maximum absolute atomic E-state index is 13.5. The molecular weight excluding hydrogens is 571 g/mol. The standard InChI is InChI=1S/C29H26BrFN2O6/c1-3-12-38-22-10-8-21(9-11-22)33-28(35)23(27(34)32-29(33)36)14-19-15-24(30)26(25(16-19)37-4-2)39-17-18-6-5-7-20(31)13-18/h5-11,13-16H,3-4,12,17H2,1-2H3,(H,32,34,36)/b23-14-. The van der Waals surface area contributed by atoms with Gasteiger partial charge in [-0.1, -0.05) is 19.1 Å². The summed E-state index contributed by atoms with van der Waals surface area (Å²) in [4.78, 5) is 39.4. The first-order valence-corrected chi connectivity index (χ1v) is 13.1. The van der Waals surface area contributed by atoms with Crippen LogP contribution in [0.3, 0.4) is 0 Å². The van der Waals surface area contributed by atoms with Gasteiger partial charge in [0.25, 0.3) is 11.8 Å². The quantitative estimate of drug-likeness (QED) is 0.227. The number of anilines is 1. The van der Waals surface area contributed by atoms with Crippen LogP contribution in [0.1, 0.15) is 31.4 Å². The normalized spacial score (nSPS) is 14.4. The number of carbonyl (C=O) groups excluding carboxylic acids is 3. The summed E-state index contributed by atoms with van der Waals surface area (Å²) >= 11 is 3.46. The molecule has 4 rings (SSSR count). The number of urea groups is 1. The van der Waals surface area contributed by atoms with Gasteiger partial charge < -0.3 is 14.2 Å².